The number of aromatic nitrogens is 1. The summed E-state index contributed by atoms with van der Waals surface area (Å²) in [6, 6.07) is 4.10. The van der Waals surface area contributed by atoms with Gasteiger partial charge in [0.25, 0.3) is 0 Å². The highest BCUT2D eigenvalue weighted by Gasteiger charge is 2.04. The second-order valence-electron chi connectivity index (χ2n) is 3.16. The number of halogens is 2. The fourth-order valence-corrected chi connectivity index (χ4v) is 1.43. The number of hydrogen-bond donors (Lipinski definition) is 1. The number of unbranched alkanes of at least 4 members (excludes halogenated alkanes) is 1. The minimum absolute atomic E-state index is 0. The third-order valence-electron chi connectivity index (χ3n) is 2.05. The van der Waals surface area contributed by atoms with Gasteiger partial charge in [-0.25, -0.2) is 4.98 Å². The number of pyridine rings is 1. The van der Waals surface area contributed by atoms with Crippen LogP contribution >= 0.6 is 28.3 Å². The summed E-state index contributed by atoms with van der Waals surface area (Å²) in [5, 5.41) is 0. The molecule has 1 heterocycles. The zero-order valence-corrected chi connectivity index (χ0v) is 10.6. The molecule has 1 rings (SSSR count). The minimum atomic E-state index is 0. The normalized spacial score (nSPS) is 11.9. The Labute approximate surface area is 99.8 Å². The van der Waals surface area contributed by atoms with E-state index in [1.165, 1.54) is 12.8 Å². The lowest BCUT2D eigenvalue weighted by molar-refractivity contribution is 0.601. The Bertz CT molecular complexity index is 251. The van der Waals surface area contributed by atoms with E-state index in [4.69, 9.17) is 5.73 Å². The highest BCUT2D eigenvalue weighted by atomic mass is 79.9. The molecule has 0 bridgehead atoms. The number of rotatable bonds is 4. The number of nitrogens with two attached hydrogens (primary N) is 1. The molecule has 14 heavy (non-hydrogen) atoms. The summed E-state index contributed by atoms with van der Waals surface area (Å²) in [5.74, 6) is 0. The van der Waals surface area contributed by atoms with Crippen molar-refractivity contribution in [1.29, 1.82) is 0 Å². The molecule has 1 aromatic heterocycles. The van der Waals surface area contributed by atoms with E-state index in [1.807, 2.05) is 18.3 Å². The van der Waals surface area contributed by atoms with Gasteiger partial charge in [0, 0.05) is 12.2 Å². The first-order chi connectivity index (χ1) is 6.24. The van der Waals surface area contributed by atoms with E-state index in [1.54, 1.807) is 0 Å². The zero-order chi connectivity index (χ0) is 9.68. The predicted octanol–water partition coefficient (Wildman–Crippen LogP) is 3.46. The van der Waals surface area contributed by atoms with Gasteiger partial charge in [0.2, 0.25) is 0 Å². The highest BCUT2D eigenvalue weighted by Crippen LogP contribution is 2.17. The van der Waals surface area contributed by atoms with Crippen LogP contribution in [0.1, 0.15) is 37.8 Å². The standard InChI is InChI=1S/C10H15BrN2.ClH/c1-2-3-4-9(12)8-5-6-10(11)13-7-8;/h5-7,9H,2-4,12H2,1H3;1H/t9-;/m0./s1. The lowest BCUT2D eigenvalue weighted by Gasteiger charge is -2.10. The topological polar surface area (TPSA) is 38.9 Å². The van der Waals surface area contributed by atoms with Gasteiger partial charge in [-0.05, 0) is 34.0 Å². The summed E-state index contributed by atoms with van der Waals surface area (Å²) < 4.78 is 0.860. The molecule has 80 valence electrons. The second-order valence-corrected chi connectivity index (χ2v) is 3.98. The maximum Gasteiger partial charge on any atom is 0.106 e. The molecule has 0 aliphatic carbocycles. The van der Waals surface area contributed by atoms with Crippen LogP contribution in [-0.2, 0) is 0 Å². The average molecular weight is 280 g/mol. The SMILES string of the molecule is CCCC[C@H](N)c1ccc(Br)nc1.Cl. The molecule has 2 N–H and O–H groups in total. The van der Waals surface area contributed by atoms with Gasteiger partial charge in [-0.2, -0.15) is 0 Å². The molecular formula is C10H16BrClN2. The van der Waals surface area contributed by atoms with Crippen LogP contribution in [0, 0.1) is 0 Å². The van der Waals surface area contributed by atoms with Crippen LogP contribution in [0.3, 0.4) is 0 Å². The first kappa shape index (κ1) is 13.9. The van der Waals surface area contributed by atoms with Crippen molar-refractivity contribution >= 4 is 28.3 Å². The third-order valence-corrected chi connectivity index (χ3v) is 2.52. The fraction of sp³-hybridized carbons (Fsp3) is 0.500. The zero-order valence-electron chi connectivity index (χ0n) is 8.24. The Kier molecular flexibility index (Phi) is 7.15. The van der Waals surface area contributed by atoms with Crippen LogP contribution in [0.15, 0.2) is 22.9 Å². The maximum absolute atomic E-state index is 5.98. The van der Waals surface area contributed by atoms with E-state index in [9.17, 15) is 0 Å². The molecule has 0 aromatic carbocycles. The molecule has 1 atom stereocenters. The van der Waals surface area contributed by atoms with Crippen molar-refractivity contribution in [1.82, 2.24) is 4.98 Å². The Hall–Kier alpha value is -0.120. The summed E-state index contributed by atoms with van der Waals surface area (Å²) in [7, 11) is 0. The Morgan fingerprint density at radius 3 is 2.71 bits per heavy atom. The van der Waals surface area contributed by atoms with E-state index in [0.29, 0.717) is 0 Å². The maximum atomic E-state index is 5.98. The largest absolute Gasteiger partial charge is 0.324 e. The smallest absolute Gasteiger partial charge is 0.106 e. The quantitative estimate of drug-likeness (QED) is 0.857. The van der Waals surface area contributed by atoms with E-state index in [-0.39, 0.29) is 18.4 Å². The molecule has 1 aromatic rings. The van der Waals surface area contributed by atoms with Crippen molar-refractivity contribution in [2.24, 2.45) is 5.73 Å². The molecule has 0 spiro atoms. The van der Waals surface area contributed by atoms with E-state index in [0.717, 1.165) is 16.6 Å². The molecule has 0 saturated carbocycles. The van der Waals surface area contributed by atoms with E-state index in [2.05, 4.69) is 27.8 Å². The molecule has 0 radical (unpaired) electrons. The van der Waals surface area contributed by atoms with Gasteiger partial charge >= 0.3 is 0 Å². The predicted molar refractivity (Wildman–Crippen MR) is 65.6 cm³/mol. The first-order valence-corrected chi connectivity index (χ1v) is 5.40. The lowest BCUT2D eigenvalue weighted by Crippen LogP contribution is -2.10. The van der Waals surface area contributed by atoms with Crippen molar-refractivity contribution in [3.8, 4) is 0 Å². The van der Waals surface area contributed by atoms with Crippen LogP contribution in [0.4, 0.5) is 0 Å². The Balaban J connectivity index is 0.00000169. The molecule has 0 amide bonds. The minimum Gasteiger partial charge on any atom is -0.324 e. The highest BCUT2D eigenvalue weighted by molar-refractivity contribution is 9.10. The number of nitrogens with zero attached hydrogens (tertiary/aromatic N) is 1. The summed E-state index contributed by atoms with van der Waals surface area (Å²) in [4.78, 5) is 4.14. The molecular weight excluding hydrogens is 263 g/mol. The van der Waals surface area contributed by atoms with Crippen molar-refractivity contribution < 1.29 is 0 Å². The van der Waals surface area contributed by atoms with Crippen LogP contribution in [0.25, 0.3) is 0 Å². The Morgan fingerprint density at radius 2 is 2.21 bits per heavy atom. The lowest BCUT2D eigenvalue weighted by atomic mass is 10.0. The van der Waals surface area contributed by atoms with Gasteiger partial charge in [-0.3, -0.25) is 0 Å². The van der Waals surface area contributed by atoms with Crippen molar-refractivity contribution in [2.45, 2.75) is 32.2 Å². The third kappa shape index (κ3) is 4.40. The van der Waals surface area contributed by atoms with Crippen molar-refractivity contribution in [3.63, 3.8) is 0 Å². The second kappa shape index (κ2) is 7.21. The van der Waals surface area contributed by atoms with Gasteiger partial charge in [-0.15, -0.1) is 12.4 Å². The van der Waals surface area contributed by atoms with Crippen LogP contribution in [-0.4, -0.2) is 4.98 Å². The molecule has 0 unspecified atom stereocenters. The van der Waals surface area contributed by atoms with E-state index < -0.39 is 0 Å². The van der Waals surface area contributed by atoms with Gasteiger partial charge in [0.05, 0.1) is 0 Å². The van der Waals surface area contributed by atoms with Crippen molar-refractivity contribution in [2.75, 3.05) is 0 Å². The van der Waals surface area contributed by atoms with Crippen LogP contribution in [0.5, 0.6) is 0 Å². The average Bonchev–Trinajstić information content (AvgIpc) is 2.15. The molecule has 0 aliphatic heterocycles. The molecule has 0 aliphatic rings. The first-order valence-electron chi connectivity index (χ1n) is 4.61. The Morgan fingerprint density at radius 1 is 1.50 bits per heavy atom. The number of hydrogen-bond acceptors (Lipinski definition) is 2. The van der Waals surface area contributed by atoms with Gasteiger partial charge in [0.15, 0.2) is 0 Å². The molecule has 4 heteroatoms. The summed E-state index contributed by atoms with van der Waals surface area (Å²) in [5.41, 5.74) is 7.10. The monoisotopic (exact) mass is 278 g/mol. The van der Waals surface area contributed by atoms with Gasteiger partial charge < -0.3 is 5.73 Å². The summed E-state index contributed by atoms with van der Waals surface area (Å²) >= 11 is 3.30. The molecule has 0 fully saturated rings. The van der Waals surface area contributed by atoms with Crippen LogP contribution < -0.4 is 5.73 Å². The molecule has 0 saturated heterocycles. The van der Waals surface area contributed by atoms with Gasteiger partial charge in [-0.1, -0.05) is 25.8 Å². The van der Waals surface area contributed by atoms with E-state index >= 15 is 0 Å². The molecule has 2 nitrogen and oxygen atoms in total. The fourth-order valence-electron chi connectivity index (χ4n) is 1.20. The summed E-state index contributed by atoms with van der Waals surface area (Å²) in [6.07, 6.45) is 5.25. The van der Waals surface area contributed by atoms with Gasteiger partial charge in [0.1, 0.15) is 4.60 Å². The van der Waals surface area contributed by atoms with Crippen LogP contribution in [0.2, 0.25) is 0 Å². The summed E-state index contributed by atoms with van der Waals surface area (Å²) in [6.45, 7) is 2.17. The van der Waals surface area contributed by atoms with Crippen molar-refractivity contribution in [3.05, 3.63) is 28.5 Å².